The number of hydrogen-bond acceptors (Lipinski definition) is 5. The molecule has 1 unspecified atom stereocenters. The Morgan fingerprint density at radius 1 is 0.889 bits per heavy atom. The smallest absolute Gasteiger partial charge is 0.271 e. The van der Waals surface area contributed by atoms with Crippen molar-refractivity contribution >= 4 is 17.2 Å². The van der Waals surface area contributed by atoms with E-state index >= 15 is 0 Å². The molecule has 1 atom stereocenters. The van der Waals surface area contributed by atoms with Gasteiger partial charge in [0.15, 0.2) is 0 Å². The van der Waals surface area contributed by atoms with Crippen LogP contribution in [0.1, 0.15) is 27.8 Å². The summed E-state index contributed by atoms with van der Waals surface area (Å²) >= 11 is 1.40. The highest BCUT2D eigenvalue weighted by molar-refractivity contribution is 7.13. The van der Waals surface area contributed by atoms with Crippen molar-refractivity contribution in [2.45, 2.75) is 6.04 Å². The lowest BCUT2D eigenvalue weighted by atomic mass is 10.0. The molecule has 0 aliphatic carbocycles. The van der Waals surface area contributed by atoms with E-state index in [0.29, 0.717) is 5.69 Å². The first-order valence-electron chi connectivity index (χ1n) is 8.45. The third-order valence-corrected chi connectivity index (χ3v) is 4.88. The maximum atomic E-state index is 12.8. The fourth-order valence-electron chi connectivity index (χ4n) is 2.71. The van der Waals surface area contributed by atoms with E-state index in [9.17, 15) is 4.79 Å². The summed E-state index contributed by atoms with van der Waals surface area (Å²) < 4.78 is 0. The Morgan fingerprint density at radius 2 is 1.63 bits per heavy atom. The molecule has 0 aliphatic heterocycles. The number of carbonyl (C=O) groups is 1. The SMILES string of the molecule is O=C(NC(c1ccccc1)c1ccccn1)c1csc(-c2ccccn2)n1. The zero-order valence-corrected chi connectivity index (χ0v) is 15.1. The fraction of sp³-hybridized carbons (Fsp3) is 0.0476. The summed E-state index contributed by atoms with van der Waals surface area (Å²) in [5, 5.41) is 5.52. The van der Waals surface area contributed by atoms with Gasteiger partial charge in [0.25, 0.3) is 5.91 Å². The predicted octanol–water partition coefficient (Wildman–Crippen LogP) is 4.12. The molecule has 0 saturated carbocycles. The lowest BCUT2D eigenvalue weighted by Gasteiger charge is -2.18. The summed E-state index contributed by atoms with van der Waals surface area (Å²) in [6.07, 6.45) is 3.43. The summed E-state index contributed by atoms with van der Waals surface area (Å²) in [6.45, 7) is 0. The third-order valence-electron chi connectivity index (χ3n) is 4.01. The normalized spacial score (nSPS) is 11.7. The standard InChI is InChI=1S/C21H16N4OS/c26-20(18-14-27-21(24-18)17-11-5-7-13-23-17)25-19(15-8-2-1-3-9-15)16-10-4-6-12-22-16/h1-14,19H,(H,25,26). The van der Waals surface area contributed by atoms with Crippen LogP contribution in [0.2, 0.25) is 0 Å². The summed E-state index contributed by atoms with van der Waals surface area (Å²) in [4.78, 5) is 26.0. The number of carbonyl (C=O) groups excluding carboxylic acids is 1. The van der Waals surface area contributed by atoms with E-state index in [4.69, 9.17) is 0 Å². The maximum absolute atomic E-state index is 12.8. The molecule has 4 aromatic rings. The van der Waals surface area contributed by atoms with E-state index in [2.05, 4.69) is 20.3 Å². The van der Waals surface area contributed by atoms with Gasteiger partial charge in [-0.05, 0) is 29.8 Å². The number of pyridine rings is 2. The lowest BCUT2D eigenvalue weighted by Crippen LogP contribution is -2.30. The van der Waals surface area contributed by atoms with Gasteiger partial charge in [-0.3, -0.25) is 14.8 Å². The first-order chi connectivity index (χ1) is 13.3. The molecule has 0 spiro atoms. The second-order valence-corrected chi connectivity index (χ2v) is 6.68. The van der Waals surface area contributed by atoms with Crippen LogP contribution in [0.15, 0.2) is 84.5 Å². The van der Waals surface area contributed by atoms with Crippen molar-refractivity contribution in [1.82, 2.24) is 20.3 Å². The van der Waals surface area contributed by atoms with Gasteiger partial charge in [-0.25, -0.2) is 4.98 Å². The van der Waals surface area contributed by atoms with Crippen molar-refractivity contribution in [2.75, 3.05) is 0 Å². The van der Waals surface area contributed by atoms with E-state index in [1.54, 1.807) is 17.8 Å². The first kappa shape index (κ1) is 17.1. The summed E-state index contributed by atoms with van der Waals surface area (Å²) in [7, 11) is 0. The minimum atomic E-state index is -0.347. The molecular formula is C21H16N4OS. The molecule has 1 aromatic carbocycles. The van der Waals surface area contributed by atoms with Crippen LogP contribution in [0.4, 0.5) is 0 Å². The van der Waals surface area contributed by atoms with Gasteiger partial charge in [0.05, 0.1) is 17.4 Å². The van der Waals surface area contributed by atoms with Gasteiger partial charge >= 0.3 is 0 Å². The Hall–Kier alpha value is -3.38. The van der Waals surface area contributed by atoms with Gasteiger partial charge < -0.3 is 5.32 Å². The number of benzene rings is 1. The Morgan fingerprint density at radius 3 is 2.33 bits per heavy atom. The van der Waals surface area contributed by atoms with Crippen LogP contribution < -0.4 is 5.32 Å². The molecule has 1 N–H and O–H groups in total. The van der Waals surface area contributed by atoms with E-state index in [1.165, 1.54) is 11.3 Å². The molecular weight excluding hydrogens is 356 g/mol. The van der Waals surface area contributed by atoms with E-state index in [1.807, 2.05) is 66.7 Å². The highest BCUT2D eigenvalue weighted by Crippen LogP contribution is 2.23. The van der Waals surface area contributed by atoms with Crippen LogP contribution in [0.25, 0.3) is 10.7 Å². The van der Waals surface area contributed by atoms with Gasteiger partial charge in [0.2, 0.25) is 0 Å². The topological polar surface area (TPSA) is 67.8 Å². The van der Waals surface area contributed by atoms with Gasteiger partial charge in [-0.15, -0.1) is 11.3 Å². The number of aromatic nitrogens is 3. The Kier molecular flexibility index (Phi) is 4.98. The second kappa shape index (κ2) is 7.88. The van der Waals surface area contributed by atoms with Crippen molar-refractivity contribution in [1.29, 1.82) is 0 Å². The highest BCUT2D eigenvalue weighted by atomic mass is 32.1. The lowest BCUT2D eigenvalue weighted by molar-refractivity contribution is 0.0938. The molecule has 6 heteroatoms. The monoisotopic (exact) mass is 372 g/mol. The average molecular weight is 372 g/mol. The molecule has 132 valence electrons. The molecule has 0 aliphatic rings. The van der Waals surface area contributed by atoms with E-state index < -0.39 is 0 Å². The van der Waals surface area contributed by atoms with Gasteiger partial charge in [0.1, 0.15) is 10.7 Å². The number of amides is 1. The van der Waals surface area contributed by atoms with Crippen LogP contribution in [-0.4, -0.2) is 20.9 Å². The predicted molar refractivity (Wildman–Crippen MR) is 105 cm³/mol. The first-order valence-corrected chi connectivity index (χ1v) is 9.33. The summed E-state index contributed by atoms with van der Waals surface area (Å²) in [6, 6.07) is 20.7. The Balaban J connectivity index is 1.60. The average Bonchev–Trinajstić information content (AvgIpc) is 3.24. The minimum absolute atomic E-state index is 0.243. The zero-order valence-electron chi connectivity index (χ0n) is 14.3. The van der Waals surface area contributed by atoms with Gasteiger partial charge in [-0.1, -0.05) is 42.5 Å². The number of rotatable bonds is 5. The van der Waals surface area contributed by atoms with E-state index in [-0.39, 0.29) is 11.9 Å². The number of nitrogens with one attached hydrogen (secondary N) is 1. The summed E-state index contributed by atoms with van der Waals surface area (Å²) in [5.41, 5.74) is 2.87. The molecule has 0 bridgehead atoms. The number of nitrogens with zero attached hydrogens (tertiary/aromatic N) is 3. The van der Waals surface area contributed by atoms with Crippen LogP contribution >= 0.6 is 11.3 Å². The molecule has 0 radical (unpaired) electrons. The molecule has 3 aromatic heterocycles. The Labute approximate surface area is 160 Å². The molecule has 0 fully saturated rings. The van der Waals surface area contributed by atoms with Crippen molar-refractivity contribution in [3.05, 3.63) is 101 Å². The molecule has 0 saturated heterocycles. The Bertz CT molecular complexity index is 980. The van der Waals surface area contributed by atoms with E-state index in [0.717, 1.165) is 22.0 Å². The molecule has 4 rings (SSSR count). The molecule has 5 nitrogen and oxygen atoms in total. The quantitative estimate of drug-likeness (QED) is 0.572. The molecule has 27 heavy (non-hydrogen) atoms. The van der Waals surface area contributed by atoms with Gasteiger partial charge in [-0.2, -0.15) is 0 Å². The van der Waals surface area contributed by atoms with Gasteiger partial charge in [0, 0.05) is 17.8 Å². The van der Waals surface area contributed by atoms with Crippen LogP contribution in [-0.2, 0) is 0 Å². The molecule has 3 heterocycles. The summed E-state index contributed by atoms with van der Waals surface area (Å²) in [5.74, 6) is -0.243. The van der Waals surface area contributed by atoms with Crippen molar-refractivity contribution in [3.8, 4) is 10.7 Å². The third kappa shape index (κ3) is 3.91. The maximum Gasteiger partial charge on any atom is 0.271 e. The van der Waals surface area contributed by atoms with Crippen molar-refractivity contribution < 1.29 is 4.79 Å². The fourth-order valence-corrected chi connectivity index (χ4v) is 3.49. The largest absolute Gasteiger partial charge is 0.338 e. The van der Waals surface area contributed by atoms with Crippen LogP contribution in [0.5, 0.6) is 0 Å². The second-order valence-electron chi connectivity index (χ2n) is 5.82. The van der Waals surface area contributed by atoms with Crippen LogP contribution in [0.3, 0.4) is 0 Å². The zero-order chi connectivity index (χ0) is 18.5. The van der Waals surface area contributed by atoms with Crippen LogP contribution in [0, 0.1) is 0 Å². The minimum Gasteiger partial charge on any atom is -0.338 e. The highest BCUT2D eigenvalue weighted by Gasteiger charge is 2.20. The number of thiazole rings is 1. The number of hydrogen-bond donors (Lipinski definition) is 1. The molecule has 1 amide bonds. The van der Waals surface area contributed by atoms with Crippen molar-refractivity contribution in [3.63, 3.8) is 0 Å². The van der Waals surface area contributed by atoms with Crippen molar-refractivity contribution in [2.24, 2.45) is 0 Å².